The molecule has 0 heterocycles. The van der Waals surface area contributed by atoms with Crippen LogP contribution in [0.1, 0.15) is 32.1 Å². The molecule has 2 N–H and O–H groups in total. The van der Waals surface area contributed by atoms with Gasteiger partial charge in [-0.3, -0.25) is 4.79 Å². The summed E-state index contributed by atoms with van der Waals surface area (Å²) in [5.41, 5.74) is 6.34. The van der Waals surface area contributed by atoms with Gasteiger partial charge in [-0.15, -0.1) is 12.4 Å². The van der Waals surface area contributed by atoms with Gasteiger partial charge in [-0.2, -0.15) is 0 Å². The van der Waals surface area contributed by atoms with E-state index in [1.165, 1.54) is 12.8 Å². The maximum Gasteiger partial charge on any atom is 0.149 e. The monoisotopic (exact) mass is 227 g/mol. The number of nitrogens with two attached hydrogens (primary N) is 1. The lowest BCUT2D eigenvalue weighted by molar-refractivity contribution is -0.128. The molecular weight excluding hydrogens is 210 g/mol. The van der Waals surface area contributed by atoms with Crippen molar-refractivity contribution < 1.29 is 4.79 Å². The fourth-order valence-electron chi connectivity index (χ4n) is 3.67. The van der Waals surface area contributed by atoms with Crippen LogP contribution in [-0.4, -0.2) is 11.8 Å². The third kappa shape index (κ3) is 1.46. The molecule has 0 aliphatic heterocycles. The van der Waals surface area contributed by atoms with Crippen molar-refractivity contribution in [3.05, 3.63) is 12.2 Å². The highest BCUT2D eigenvalue weighted by molar-refractivity contribution is 5.85. The maximum atomic E-state index is 11.6. The van der Waals surface area contributed by atoms with Crippen LogP contribution in [-0.2, 0) is 4.79 Å². The Morgan fingerprint density at radius 1 is 1.40 bits per heavy atom. The Morgan fingerprint density at radius 3 is 2.87 bits per heavy atom. The van der Waals surface area contributed by atoms with Crippen LogP contribution in [0.4, 0.5) is 0 Å². The van der Waals surface area contributed by atoms with E-state index in [0.717, 1.165) is 12.8 Å². The van der Waals surface area contributed by atoms with Crippen molar-refractivity contribution >= 4 is 18.2 Å². The summed E-state index contributed by atoms with van der Waals surface area (Å²) >= 11 is 0. The minimum absolute atomic E-state index is 0. The first-order chi connectivity index (χ1) is 6.71. The lowest BCUT2D eigenvalue weighted by Gasteiger charge is -2.52. The summed E-state index contributed by atoms with van der Waals surface area (Å²) in [7, 11) is 0. The average molecular weight is 228 g/mol. The first-order valence-electron chi connectivity index (χ1n) is 5.69. The number of carbonyl (C=O) groups is 1. The molecule has 2 saturated carbocycles. The summed E-state index contributed by atoms with van der Waals surface area (Å²) in [4.78, 5) is 11.6. The van der Waals surface area contributed by atoms with Gasteiger partial charge in [0.15, 0.2) is 0 Å². The van der Waals surface area contributed by atoms with E-state index < -0.39 is 0 Å². The molecule has 84 valence electrons. The molecule has 3 heteroatoms. The molecule has 0 saturated heterocycles. The molecule has 0 radical (unpaired) electrons. The van der Waals surface area contributed by atoms with Crippen LogP contribution in [0.3, 0.4) is 0 Å². The fraction of sp³-hybridized carbons (Fsp3) is 0.750. The number of rotatable bonds is 0. The quantitative estimate of drug-likeness (QED) is 0.644. The normalized spacial score (nSPS) is 47.3. The predicted octanol–water partition coefficient (Wildman–Crippen LogP) is 2.07. The third-order valence-corrected chi connectivity index (χ3v) is 4.62. The second-order valence-corrected chi connectivity index (χ2v) is 5.23. The summed E-state index contributed by atoms with van der Waals surface area (Å²) in [6, 6.07) is -0.170. The highest BCUT2D eigenvalue weighted by Gasteiger charge is 2.50. The van der Waals surface area contributed by atoms with E-state index in [1.807, 2.05) is 0 Å². The average Bonchev–Trinajstić information content (AvgIpc) is 2.25. The van der Waals surface area contributed by atoms with Gasteiger partial charge in [0.1, 0.15) is 5.78 Å². The minimum atomic E-state index is -0.170. The molecule has 2 fully saturated rings. The third-order valence-electron chi connectivity index (χ3n) is 4.62. The minimum Gasteiger partial charge on any atom is -0.321 e. The number of hydrogen-bond donors (Lipinski definition) is 1. The Morgan fingerprint density at radius 2 is 2.20 bits per heavy atom. The maximum absolute atomic E-state index is 11.6. The van der Waals surface area contributed by atoms with Crippen LogP contribution in [0, 0.1) is 17.3 Å². The molecule has 1 spiro atoms. The molecule has 4 unspecified atom stereocenters. The van der Waals surface area contributed by atoms with Crippen LogP contribution < -0.4 is 5.73 Å². The van der Waals surface area contributed by atoms with Crippen molar-refractivity contribution in [1.29, 1.82) is 0 Å². The number of fused-ring (bicyclic) bond motifs is 1. The van der Waals surface area contributed by atoms with Gasteiger partial charge in [0.05, 0.1) is 6.04 Å². The molecule has 4 rings (SSSR count). The predicted molar refractivity (Wildman–Crippen MR) is 61.9 cm³/mol. The second-order valence-electron chi connectivity index (χ2n) is 5.23. The zero-order valence-electron chi connectivity index (χ0n) is 8.82. The zero-order chi connectivity index (χ0) is 9.76. The van der Waals surface area contributed by atoms with Crippen molar-refractivity contribution in [2.24, 2.45) is 23.0 Å². The summed E-state index contributed by atoms with van der Waals surface area (Å²) in [6.07, 6.45) is 10.2. The van der Waals surface area contributed by atoms with Gasteiger partial charge in [0.2, 0.25) is 0 Å². The van der Waals surface area contributed by atoms with E-state index in [9.17, 15) is 4.79 Å². The van der Waals surface area contributed by atoms with Crippen molar-refractivity contribution in [3.63, 3.8) is 0 Å². The molecule has 0 aromatic heterocycles. The Bertz CT molecular complexity index is 315. The van der Waals surface area contributed by atoms with E-state index >= 15 is 0 Å². The van der Waals surface area contributed by atoms with Crippen molar-refractivity contribution in [3.8, 4) is 0 Å². The van der Waals surface area contributed by atoms with Crippen LogP contribution in [0.2, 0.25) is 0 Å². The first kappa shape index (κ1) is 11.2. The standard InChI is InChI=1S/C12H17NO.ClH/c13-11-9-7-8-1-4-12(9,5-2-8)6-3-10(11)14;/h1,4,8-9,11H,2-3,5-7,13H2;1H. The van der Waals surface area contributed by atoms with Crippen LogP contribution in [0.5, 0.6) is 0 Å². The number of ketones is 1. The molecular formula is C12H18ClNO. The SMILES string of the molecule is Cl.NC1C(=O)CCC23C=CC(CC2)CC13. The fourth-order valence-corrected chi connectivity index (χ4v) is 3.67. The van der Waals surface area contributed by atoms with E-state index in [2.05, 4.69) is 12.2 Å². The molecule has 0 amide bonds. The smallest absolute Gasteiger partial charge is 0.149 e. The molecule has 4 aliphatic rings. The van der Waals surface area contributed by atoms with Gasteiger partial charge >= 0.3 is 0 Å². The Hall–Kier alpha value is -0.340. The van der Waals surface area contributed by atoms with Gasteiger partial charge < -0.3 is 5.73 Å². The number of Topliss-reactive ketones (excluding diaryl/α,β-unsaturated/α-hetero) is 1. The zero-order valence-corrected chi connectivity index (χ0v) is 9.63. The van der Waals surface area contributed by atoms with Gasteiger partial charge in [0, 0.05) is 6.42 Å². The number of allylic oxidation sites excluding steroid dienone is 2. The van der Waals surface area contributed by atoms with Crippen LogP contribution >= 0.6 is 12.4 Å². The molecule has 4 aliphatic carbocycles. The highest BCUT2D eigenvalue weighted by atomic mass is 35.5. The Kier molecular flexibility index (Phi) is 2.68. The van der Waals surface area contributed by atoms with Crippen LogP contribution in [0.25, 0.3) is 0 Å². The topological polar surface area (TPSA) is 43.1 Å². The second kappa shape index (κ2) is 3.60. The van der Waals surface area contributed by atoms with Gasteiger partial charge in [-0.25, -0.2) is 0 Å². The van der Waals surface area contributed by atoms with E-state index in [1.54, 1.807) is 0 Å². The molecule has 0 aromatic carbocycles. The summed E-state index contributed by atoms with van der Waals surface area (Å²) < 4.78 is 0. The number of carbonyl (C=O) groups excluding carboxylic acids is 1. The number of halogens is 1. The van der Waals surface area contributed by atoms with E-state index in [4.69, 9.17) is 5.73 Å². The van der Waals surface area contributed by atoms with Crippen LogP contribution in [0.15, 0.2) is 12.2 Å². The van der Waals surface area contributed by atoms with Gasteiger partial charge in [0.25, 0.3) is 0 Å². The lowest BCUT2D eigenvalue weighted by Crippen LogP contribution is -2.54. The molecule has 15 heavy (non-hydrogen) atoms. The van der Waals surface area contributed by atoms with Crippen molar-refractivity contribution in [1.82, 2.24) is 0 Å². The molecule has 4 atom stereocenters. The molecule has 2 nitrogen and oxygen atoms in total. The first-order valence-corrected chi connectivity index (χ1v) is 5.69. The largest absolute Gasteiger partial charge is 0.321 e. The Labute approximate surface area is 96.7 Å². The summed E-state index contributed by atoms with van der Waals surface area (Å²) in [5, 5.41) is 0. The van der Waals surface area contributed by atoms with E-state index in [-0.39, 0.29) is 18.4 Å². The molecule has 0 aromatic rings. The van der Waals surface area contributed by atoms with Crippen molar-refractivity contribution in [2.75, 3.05) is 0 Å². The van der Waals surface area contributed by atoms with Gasteiger partial charge in [-0.1, -0.05) is 12.2 Å². The molecule has 2 bridgehead atoms. The summed E-state index contributed by atoms with van der Waals surface area (Å²) in [6.45, 7) is 0. The highest BCUT2D eigenvalue weighted by Crippen LogP contribution is 2.55. The lowest BCUT2D eigenvalue weighted by atomic mass is 9.52. The Balaban J connectivity index is 0.000000853. The van der Waals surface area contributed by atoms with Crippen molar-refractivity contribution in [2.45, 2.75) is 38.1 Å². The number of hydrogen-bond acceptors (Lipinski definition) is 2. The van der Waals surface area contributed by atoms with Gasteiger partial charge in [-0.05, 0) is 42.9 Å². The van der Waals surface area contributed by atoms with E-state index in [0.29, 0.717) is 29.5 Å². The summed E-state index contributed by atoms with van der Waals surface area (Å²) in [5.74, 6) is 1.45.